The zero-order valence-electron chi connectivity index (χ0n) is 10.7. The molecule has 94 valence electrons. The van der Waals surface area contributed by atoms with Crippen LogP contribution in [0.25, 0.3) is 0 Å². The van der Waals surface area contributed by atoms with E-state index in [1.807, 2.05) is 0 Å². The summed E-state index contributed by atoms with van der Waals surface area (Å²) in [5.41, 5.74) is 0. The van der Waals surface area contributed by atoms with Gasteiger partial charge in [0.25, 0.3) is 0 Å². The summed E-state index contributed by atoms with van der Waals surface area (Å²) >= 11 is 0. The molecule has 2 fully saturated rings. The van der Waals surface area contributed by atoms with Gasteiger partial charge < -0.3 is 15.0 Å². The van der Waals surface area contributed by atoms with Crippen molar-refractivity contribution < 1.29 is 4.74 Å². The minimum absolute atomic E-state index is 0.728. The van der Waals surface area contributed by atoms with Gasteiger partial charge in [-0.05, 0) is 44.7 Å². The van der Waals surface area contributed by atoms with E-state index >= 15 is 0 Å². The minimum atomic E-state index is 0.728. The molecule has 16 heavy (non-hydrogen) atoms. The summed E-state index contributed by atoms with van der Waals surface area (Å²) in [6.07, 6.45) is 3.83. The lowest BCUT2D eigenvalue weighted by molar-refractivity contribution is 0.0430. The number of nitrogens with one attached hydrogen (secondary N) is 1. The predicted octanol–water partition coefficient (Wildman–Crippen LogP) is 1.34. The van der Waals surface area contributed by atoms with E-state index in [0.717, 1.165) is 31.1 Å². The van der Waals surface area contributed by atoms with E-state index in [1.54, 1.807) is 0 Å². The molecule has 1 N–H and O–H groups in total. The molecule has 2 saturated heterocycles. The summed E-state index contributed by atoms with van der Waals surface area (Å²) in [5.74, 6) is 1.67. The van der Waals surface area contributed by atoms with Crippen LogP contribution < -0.4 is 5.32 Å². The van der Waals surface area contributed by atoms with Gasteiger partial charge in [-0.25, -0.2) is 0 Å². The first-order chi connectivity index (χ1) is 7.79. The second-order valence-corrected chi connectivity index (χ2v) is 5.48. The number of piperidine rings is 1. The maximum absolute atomic E-state index is 5.42. The molecule has 0 aromatic rings. The summed E-state index contributed by atoms with van der Waals surface area (Å²) in [7, 11) is 2.09. The Labute approximate surface area is 99.5 Å². The standard InChI is InChI=1S/C13H26N2O/c1-11-9-15(6-3-13(11)14-2)10-12-4-7-16-8-5-12/h11-14H,3-10H2,1-2H3. The molecule has 2 aliphatic heterocycles. The van der Waals surface area contributed by atoms with Crippen LogP contribution in [-0.4, -0.2) is 50.8 Å². The third-order valence-electron chi connectivity index (χ3n) is 4.22. The normalized spacial score (nSPS) is 34.1. The van der Waals surface area contributed by atoms with Crippen LogP contribution in [0.5, 0.6) is 0 Å². The molecule has 3 nitrogen and oxygen atoms in total. The van der Waals surface area contributed by atoms with Crippen LogP contribution in [0.4, 0.5) is 0 Å². The molecule has 3 heteroatoms. The highest BCUT2D eigenvalue weighted by Gasteiger charge is 2.26. The third-order valence-corrected chi connectivity index (χ3v) is 4.22. The SMILES string of the molecule is CNC1CCN(CC2CCOCC2)CC1C. The number of nitrogens with zero attached hydrogens (tertiary/aromatic N) is 1. The summed E-state index contributed by atoms with van der Waals surface area (Å²) in [4.78, 5) is 2.66. The van der Waals surface area contributed by atoms with E-state index in [0.29, 0.717) is 0 Å². The monoisotopic (exact) mass is 226 g/mol. The summed E-state index contributed by atoms with van der Waals surface area (Å²) in [6.45, 7) is 8.16. The lowest BCUT2D eigenvalue weighted by Crippen LogP contribution is -2.48. The Bertz CT molecular complexity index is 204. The molecule has 0 aliphatic carbocycles. The molecule has 0 bridgehead atoms. The van der Waals surface area contributed by atoms with Crippen LogP contribution in [0.3, 0.4) is 0 Å². The van der Waals surface area contributed by atoms with Gasteiger partial charge in [0.2, 0.25) is 0 Å². The van der Waals surface area contributed by atoms with Crippen molar-refractivity contribution >= 4 is 0 Å². The van der Waals surface area contributed by atoms with Crippen molar-refractivity contribution in [1.82, 2.24) is 10.2 Å². The van der Waals surface area contributed by atoms with Gasteiger partial charge in [0, 0.05) is 32.3 Å². The largest absolute Gasteiger partial charge is 0.381 e. The molecule has 0 saturated carbocycles. The second-order valence-electron chi connectivity index (χ2n) is 5.48. The minimum Gasteiger partial charge on any atom is -0.381 e. The first-order valence-corrected chi connectivity index (χ1v) is 6.77. The summed E-state index contributed by atoms with van der Waals surface area (Å²) in [5, 5.41) is 3.43. The molecule has 0 aromatic carbocycles. The van der Waals surface area contributed by atoms with E-state index < -0.39 is 0 Å². The average molecular weight is 226 g/mol. The average Bonchev–Trinajstić information content (AvgIpc) is 2.31. The maximum atomic E-state index is 5.42. The van der Waals surface area contributed by atoms with E-state index in [2.05, 4.69) is 24.2 Å². The Kier molecular flexibility index (Phi) is 4.62. The quantitative estimate of drug-likeness (QED) is 0.786. The number of hydrogen-bond acceptors (Lipinski definition) is 3. The molecular weight excluding hydrogens is 200 g/mol. The molecule has 0 radical (unpaired) electrons. The highest BCUT2D eigenvalue weighted by Crippen LogP contribution is 2.21. The summed E-state index contributed by atoms with van der Waals surface area (Å²) < 4.78 is 5.42. The van der Waals surface area contributed by atoms with Crippen molar-refractivity contribution in [3.63, 3.8) is 0 Å². The molecule has 2 rings (SSSR count). The third kappa shape index (κ3) is 3.19. The molecule has 2 heterocycles. The fraction of sp³-hybridized carbons (Fsp3) is 1.00. The van der Waals surface area contributed by atoms with Crippen molar-refractivity contribution in [2.24, 2.45) is 11.8 Å². The Morgan fingerprint density at radius 1 is 1.25 bits per heavy atom. The van der Waals surface area contributed by atoms with E-state index in [9.17, 15) is 0 Å². The number of rotatable bonds is 3. The predicted molar refractivity (Wildman–Crippen MR) is 66.6 cm³/mol. The Morgan fingerprint density at radius 2 is 2.00 bits per heavy atom. The molecular formula is C13H26N2O. The maximum Gasteiger partial charge on any atom is 0.0469 e. The van der Waals surface area contributed by atoms with Gasteiger partial charge in [0.05, 0.1) is 0 Å². The Morgan fingerprint density at radius 3 is 2.62 bits per heavy atom. The molecule has 2 unspecified atom stereocenters. The van der Waals surface area contributed by atoms with Crippen molar-refractivity contribution in [2.45, 2.75) is 32.2 Å². The molecule has 0 spiro atoms. The summed E-state index contributed by atoms with van der Waals surface area (Å²) in [6, 6.07) is 0.728. The van der Waals surface area contributed by atoms with Crippen LogP contribution in [0.1, 0.15) is 26.2 Å². The van der Waals surface area contributed by atoms with Gasteiger partial charge in [-0.15, -0.1) is 0 Å². The fourth-order valence-electron chi connectivity index (χ4n) is 3.12. The molecule has 0 aromatic heterocycles. The number of ether oxygens (including phenoxy) is 1. The van der Waals surface area contributed by atoms with Gasteiger partial charge in [-0.3, -0.25) is 0 Å². The van der Waals surface area contributed by atoms with Crippen LogP contribution >= 0.6 is 0 Å². The van der Waals surface area contributed by atoms with Gasteiger partial charge >= 0.3 is 0 Å². The number of likely N-dealkylation sites (tertiary alicyclic amines) is 1. The highest BCUT2D eigenvalue weighted by atomic mass is 16.5. The molecule has 0 amide bonds. The first-order valence-electron chi connectivity index (χ1n) is 6.77. The van der Waals surface area contributed by atoms with E-state index in [-0.39, 0.29) is 0 Å². The van der Waals surface area contributed by atoms with Gasteiger partial charge in [-0.2, -0.15) is 0 Å². The topological polar surface area (TPSA) is 24.5 Å². The van der Waals surface area contributed by atoms with Crippen LogP contribution in [0.2, 0.25) is 0 Å². The van der Waals surface area contributed by atoms with E-state index in [4.69, 9.17) is 4.74 Å². The lowest BCUT2D eigenvalue weighted by atomic mass is 9.92. The zero-order valence-corrected chi connectivity index (χ0v) is 10.7. The lowest BCUT2D eigenvalue weighted by Gasteiger charge is -2.39. The van der Waals surface area contributed by atoms with Crippen molar-refractivity contribution in [3.8, 4) is 0 Å². The van der Waals surface area contributed by atoms with Crippen molar-refractivity contribution in [1.29, 1.82) is 0 Å². The van der Waals surface area contributed by atoms with Crippen LogP contribution in [-0.2, 0) is 4.74 Å². The van der Waals surface area contributed by atoms with Gasteiger partial charge in [0.15, 0.2) is 0 Å². The van der Waals surface area contributed by atoms with Crippen LogP contribution in [0, 0.1) is 11.8 Å². The second kappa shape index (κ2) is 5.99. The molecule has 2 atom stereocenters. The van der Waals surface area contributed by atoms with Crippen molar-refractivity contribution in [2.75, 3.05) is 39.9 Å². The number of hydrogen-bond donors (Lipinski definition) is 1. The van der Waals surface area contributed by atoms with Crippen molar-refractivity contribution in [3.05, 3.63) is 0 Å². The van der Waals surface area contributed by atoms with Gasteiger partial charge in [0.1, 0.15) is 0 Å². The Balaban J connectivity index is 1.74. The molecule has 2 aliphatic rings. The van der Waals surface area contributed by atoms with Gasteiger partial charge in [-0.1, -0.05) is 6.92 Å². The fourth-order valence-corrected chi connectivity index (χ4v) is 3.12. The zero-order chi connectivity index (χ0) is 11.4. The van der Waals surface area contributed by atoms with E-state index in [1.165, 1.54) is 38.9 Å². The highest BCUT2D eigenvalue weighted by molar-refractivity contribution is 4.83. The van der Waals surface area contributed by atoms with Crippen LogP contribution in [0.15, 0.2) is 0 Å². The smallest absolute Gasteiger partial charge is 0.0469 e. The first kappa shape index (κ1) is 12.3. The Hall–Kier alpha value is -0.120.